The molecule has 0 saturated heterocycles. The molecule has 1 atom stereocenters. The van der Waals surface area contributed by atoms with Gasteiger partial charge in [-0.2, -0.15) is 11.8 Å². The number of amides is 2. The molecule has 2 amide bonds. The number of rotatable bonds is 5. The van der Waals surface area contributed by atoms with Gasteiger partial charge in [0, 0.05) is 11.7 Å². The van der Waals surface area contributed by atoms with Crippen LogP contribution >= 0.6 is 23.4 Å². The Labute approximate surface area is 127 Å². The first-order valence-corrected chi connectivity index (χ1v) is 8.12. The maximum Gasteiger partial charge on any atom is 0.253 e. The van der Waals surface area contributed by atoms with Gasteiger partial charge >= 0.3 is 0 Å². The lowest BCUT2D eigenvalue weighted by atomic mass is 10.2. The average Bonchev–Trinajstić information content (AvgIpc) is 3.23. The van der Waals surface area contributed by atoms with Crippen molar-refractivity contribution in [2.24, 2.45) is 0 Å². The lowest BCUT2D eigenvalue weighted by Gasteiger charge is -2.12. The summed E-state index contributed by atoms with van der Waals surface area (Å²) < 4.78 is 0. The summed E-state index contributed by atoms with van der Waals surface area (Å²) in [5.74, 6) is -0.278. The topological polar surface area (TPSA) is 58.2 Å². The summed E-state index contributed by atoms with van der Waals surface area (Å²) in [6.45, 7) is 1.83. The number of hydrogen-bond acceptors (Lipinski definition) is 3. The van der Waals surface area contributed by atoms with Crippen LogP contribution in [0.2, 0.25) is 5.02 Å². The molecule has 0 aromatic heterocycles. The van der Waals surface area contributed by atoms with Gasteiger partial charge in [0.25, 0.3) is 5.91 Å². The molecule has 0 bridgehead atoms. The molecule has 1 saturated carbocycles. The van der Waals surface area contributed by atoms with Crippen LogP contribution in [-0.4, -0.2) is 29.4 Å². The van der Waals surface area contributed by atoms with Crippen LogP contribution in [0.5, 0.6) is 0 Å². The van der Waals surface area contributed by atoms with Crippen molar-refractivity contribution >= 4 is 40.9 Å². The van der Waals surface area contributed by atoms with Crippen molar-refractivity contribution in [1.82, 2.24) is 5.32 Å². The van der Waals surface area contributed by atoms with Crippen molar-refractivity contribution in [2.45, 2.75) is 31.1 Å². The molecule has 6 heteroatoms. The molecular formula is C14H17ClN2O2S. The lowest BCUT2D eigenvalue weighted by molar-refractivity contribution is -0.115. The molecule has 1 aliphatic rings. The molecule has 1 unspecified atom stereocenters. The zero-order valence-corrected chi connectivity index (χ0v) is 13.0. The van der Waals surface area contributed by atoms with Crippen molar-refractivity contribution in [3.63, 3.8) is 0 Å². The second-order valence-corrected chi connectivity index (χ2v) is 6.40. The first kappa shape index (κ1) is 15.2. The third-order valence-electron chi connectivity index (χ3n) is 3.11. The summed E-state index contributed by atoms with van der Waals surface area (Å²) in [4.78, 5) is 23.9. The number of hydrogen-bond donors (Lipinski definition) is 2. The normalized spacial score (nSPS) is 15.6. The second kappa shape index (κ2) is 6.50. The molecule has 1 fully saturated rings. The molecule has 0 aliphatic heterocycles. The van der Waals surface area contributed by atoms with Crippen LogP contribution in [0.25, 0.3) is 0 Å². The van der Waals surface area contributed by atoms with Crippen molar-refractivity contribution in [1.29, 1.82) is 0 Å². The zero-order chi connectivity index (χ0) is 14.7. The molecule has 0 spiro atoms. The first-order valence-electron chi connectivity index (χ1n) is 6.45. The van der Waals surface area contributed by atoms with E-state index in [4.69, 9.17) is 11.6 Å². The van der Waals surface area contributed by atoms with Gasteiger partial charge < -0.3 is 10.6 Å². The smallest absolute Gasteiger partial charge is 0.253 e. The van der Waals surface area contributed by atoms with Crippen molar-refractivity contribution in [2.75, 3.05) is 11.6 Å². The highest BCUT2D eigenvalue weighted by molar-refractivity contribution is 7.99. The van der Waals surface area contributed by atoms with Crippen molar-refractivity contribution in [3.05, 3.63) is 28.8 Å². The van der Waals surface area contributed by atoms with E-state index in [0.29, 0.717) is 16.3 Å². The number of benzene rings is 1. The summed E-state index contributed by atoms with van der Waals surface area (Å²) in [6, 6.07) is 5.21. The predicted molar refractivity (Wildman–Crippen MR) is 83.5 cm³/mol. The fourth-order valence-corrected chi connectivity index (χ4v) is 2.10. The van der Waals surface area contributed by atoms with Crippen LogP contribution in [0.15, 0.2) is 18.2 Å². The van der Waals surface area contributed by atoms with Gasteiger partial charge in [0.15, 0.2) is 0 Å². The van der Waals surface area contributed by atoms with E-state index in [1.165, 1.54) is 11.8 Å². The molecule has 20 heavy (non-hydrogen) atoms. The molecule has 108 valence electrons. The van der Waals surface area contributed by atoms with Gasteiger partial charge in [0.2, 0.25) is 5.91 Å². The molecular weight excluding hydrogens is 296 g/mol. The van der Waals surface area contributed by atoms with Crippen LogP contribution < -0.4 is 10.6 Å². The van der Waals surface area contributed by atoms with E-state index in [1.807, 2.05) is 13.2 Å². The van der Waals surface area contributed by atoms with Gasteiger partial charge in [-0.25, -0.2) is 0 Å². The lowest BCUT2D eigenvalue weighted by Crippen LogP contribution is -2.26. The molecule has 1 aliphatic carbocycles. The van der Waals surface area contributed by atoms with Gasteiger partial charge in [0.05, 0.1) is 15.8 Å². The monoisotopic (exact) mass is 312 g/mol. The summed E-state index contributed by atoms with van der Waals surface area (Å²) >= 11 is 7.51. The fraction of sp³-hybridized carbons (Fsp3) is 0.429. The first-order chi connectivity index (χ1) is 9.51. The third-order valence-corrected chi connectivity index (χ3v) is 4.36. The molecule has 1 aromatic carbocycles. The number of anilines is 1. The Kier molecular flexibility index (Phi) is 4.94. The Morgan fingerprint density at radius 2 is 2.10 bits per heavy atom. The highest BCUT2D eigenvalue weighted by atomic mass is 35.5. The number of halogens is 1. The summed E-state index contributed by atoms with van der Waals surface area (Å²) in [5.41, 5.74) is 0.981. The minimum Gasteiger partial charge on any atom is -0.349 e. The van der Waals surface area contributed by atoms with Crippen molar-refractivity contribution < 1.29 is 9.59 Å². The predicted octanol–water partition coefficient (Wildman–Crippen LogP) is 2.92. The summed E-state index contributed by atoms with van der Waals surface area (Å²) in [6.07, 6.45) is 3.91. The SMILES string of the molecule is CSC(C)C(=O)Nc1ccc(Cl)c(C(=O)NC2CC2)c1. The molecule has 0 radical (unpaired) electrons. The van der Waals surface area contributed by atoms with E-state index in [2.05, 4.69) is 10.6 Å². The van der Waals surface area contributed by atoms with Crippen LogP contribution in [-0.2, 0) is 4.79 Å². The molecule has 2 N–H and O–H groups in total. The van der Waals surface area contributed by atoms with E-state index < -0.39 is 0 Å². The van der Waals surface area contributed by atoms with E-state index >= 15 is 0 Å². The maximum atomic E-state index is 12.0. The second-order valence-electron chi connectivity index (χ2n) is 4.81. The zero-order valence-electron chi connectivity index (χ0n) is 11.4. The molecule has 0 heterocycles. The van der Waals surface area contributed by atoms with Crippen LogP contribution in [0.1, 0.15) is 30.1 Å². The standard InChI is InChI=1S/C14H17ClN2O2S/c1-8(20-2)13(18)17-10-5-6-12(15)11(7-10)14(19)16-9-3-4-9/h5-9H,3-4H2,1-2H3,(H,16,19)(H,17,18). The summed E-state index contributed by atoms with van der Waals surface area (Å²) in [7, 11) is 0. The van der Waals surface area contributed by atoms with Gasteiger partial charge in [-0.05, 0) is 44.2 Å². The minimum atomic E-state index is -0.188. The molecule has 2 rings (SSSR count). The van der Waals surface area contributed by atoms with E-state index in [9.17, 15) is 9.59 Å². The molecule has 1 aromatic rings. The van der Waals surface area contributed by atoms with E-state index in [1.54, 1.807) is 18.2 Å². The van der Waals surface area contributed by atoms with Gasteiger partial charge in [-0.15, -0.1) is 0 Å². The number of carbonyl (C=O) groups excluding carboxylic acids is 2. The number of nitrogens with one attached hydrogen (secondary N) is 2. The Hall–Kier alpha value is -1.20. The van der Waals surface area contributed by atoms with E-state index in [0.717, 1.165) is 12.8 Å². The van der Waals surface area contributed by atoms with Crippen LogP contribution in [0.4, 0.5) is 5.69 Å². The Balaban J connectivity index is 2.11. The Bertz CT molecular complexity index is 532. The van der Waals surface area contributed by atoms with E-state index in [-0.39, 0.29) is 23.1 Å². The largest absolute Gasteiger partial charge is 0.349 e. The summed E-state index contributed by atoms with van der Waals surface area (Å²) in [5, 5.41) is 5.91. The maximum absolute atomic E-state index is 12.0. The highest BCUT2D eigenvalue weighted by Gasteiger charge is 2.25. The van der Waals surface area contributed by atoms with Gasteiger partial charge in [-0.3, -0.25) is 9.59 Å². The van der Waals surface area contributed by atoms with Gasteiger partial charge in [-0.1, -0.05) is 11.6 Å². The van der Waals surface area contributed by atoms with Crippen molar-refractivity contribution in [3.8, 4) is 0 Å². The van der Waals surface area contributed by atoms with Gasteiger partial charge in [0.1, 0.15) is 0 Å². The fourth-order valence-electron chi connectivity index (χ4n) is 1.62. The third kappa shape index (κ3) is 3.90. The minimum absolute atomic E-state index is 0.0895. The number of carbonyl (C=O) groups is 2. The Morgan fingerprint density at radius 1 is 1.40 bits per heavy atom. The van der Waals surface area contributed by atoms with Crippen LogP contribution in [0.3, 0.4) is 0 Å². The average molecular weight is 313 g/mol. The van der Waals surface area contributed by atoms with Crippen LogP contribution in [0, 0.1) is 0 Å². The quantitative estimate of drug-likeness (QED) is 0.879. The number of thioether (sulfide) groups is 1. The highest BCUT2D eigenvalue weighted by Crippen LogP contribution is 2.24. The Morgan fingerprint density at radius 3 is 2.70 bits per heavy atom. The molecule has 4 nitrogen and oxygen atoms in total.